The van der Waals surface area contributed by atoms with Crippen molar-refractivity contribution in [2.45, 2.75) is 31.2 Å². The zero-order valence-electron chi connectivity index (χ0n) is 14.4. The fourth-order valence-corrected chi connectivity index (χ4v) is 4.37. The fourth-order valence-electron chi connectivity index (χ4n) is 4.37. The first kappa shape index (κ1) is 16.8. The molecule has 0 aliphatic heterocycles. The van der Waals surface area contributed by atoms with Crippen LogP contribution in [0.15, 0.2) is 48.5 Å². The van der Waals surface area contributed by atoms with Gasteiger partial charge >= 0.3 is 11.9 Å². The highest BCUT2D eigenvalue weighted by Gasteiger charge is 2.55. The van der Waals surface area contributed by atoms with Crippen LogP contribution in [0.4, 0.5) is 0 Å². The summed E-state index contributed by atoms with van der Waals surface area (Å²) in [7, 11) is 0. The highest BCUT2D eigenvalue weighted by atomic mass is 16.5. The number of nitrogens with two attached hydrogens (primary N) is 1. The third-order valence-corrected chi connectivity index (χ3v) is 5.81. The fraction of sp³-hybridized carbons (Fsp3) is 0.333. The Morgan fingerprint density at radius 3 is 2.15 bits per heavy atom. The van der Waals surface area contributed by atoms with Crippen LogP contribution in [0.25, 0.3) is 11.1 Å². The molecule has 0 heterocycles. The Labute approximate surface area is 151 Å². The summed E-state index contributed by atoms with van der Waals surface area (Å²) in [6, 6.07) is 15.4. The molecule has 134 valence electrons. The van der Waals surface area contributed by atoms with Crippen molar-refractivity contribution >= 4 is 11.9 Å². The number of hydrogen-bond acceptors (Lipinski definition) is 4. The van der Waals surface area contributed by atoms with E-state index in [0.717, 1.165) is 22.3 Å². The van der Waals surface area contributed by atoms with Gasteiger partial charge in [-0.25, -0.2) is 0 Å². The zero-order valence-corrected chi connectivity index (χ0v) is 14.4. The molecule has 2 aromatic rings. The van der Waals surface area contributed by atoms with E-state index in [-0.39, 0.29) is 18.9 Å². The van der Waals surface area contributed by atoms with Gasteiger partial charge in [0.2, 0.25) is 0 Å². The van der Waals surface area contributed by atoms with E-state index in [4.69, 9.17) is 10.5 Å². The van der Waals surface area contributed by atoms with E-state index in [1.54, 1.807) is 0 Å². The topological polar surface area (TPSA) is 89.6 Å². The molecule has 3 N–H and O–H groups in total. The minimum absolute atomic E-state index is 0.0881. The van der Waals surface area contributed by atoms with Crippen molar-refractivity contribution in [3.05, 3.63) is 59.7 Å². The van der Waals surface area contributed by atoms with Gasteiger partial charge in [-0.3, -0.25) is 9.59 Å². The summed E-state index contributed by atoms with van der Waals surface area (Å²) in [6.45, 7) is 0.120. The molecule has 0 unspecified atom stereocenters. The second kappa shape index (κ2) is 6.25. The van der Waals surface area contributed by atoms with Gasteiger partial charge in [0, 0.05) is 12.0 Å². The lowest BCUT2D eigenvalue weighted by Gasteiger charge is -2.27. The summed E-state index contributed by atoms with van der Waals surface area (Å²) in [5.41, 5.74) is 8.82. The Hall–Kier alpha value is -2.66. The molecule has 2 aliphatic rings. The Bertz CT molecular complexity index is 832. The second-order valence-electron chi connectivity index (χ2n) is 7.10. The predicted molar refractivity (Wildman–Crippen MR) is 96.6 cm³/mol. The van der Waals surface area contributed by atoms with E-state index >= 15 is 0 Å². The Kier molecular flexibility index (Phi) is 4.04. The largest absolute Gasteiger partial charge is 0.480 e. The molecular formula is C21H21NO4. The molecule has 26 heavy (non-hydrogen) atoms. The molecule has 0 bridgehead atoms. The Morgan fingerprint density at radius 1 is 1.08 bits per heavy atom. The summed E-state index contributed by atoms with van der Waals surface area (Å²) >= 11 is 0. The van der Waals surface area contributed by atoms with Gasteiger partial charge in [0.1, 0.15) is 6.61 Å². The van der Waals surface area contributed by atoms with Crippen LogP contribution in [0, 0.1) is 5.41 Å². The van der Waals surface area contributed by atoms with E-state index in [1.165, 1.54) is 0 Å². The van der Waals surface area contributed by atoms with Crippen LogP contribution in [0.1, 0.15) is 36.3 Å². The number of esters is 1. The molecule has 1 saturated carbocycles. The van der Waals surface area contributed by atoms with Crippen molar-refractivity contribution < 1.29 is 19.4 Å². The van der Waals surface area contributed by atoms with Crippen LogP contribution >= 0.6 is 0 Å². The molecule has 5 heteroatoms. The summed E-state index contributed by atoms with van der Waals surface area (Å²) in [5, 5.41) is 9.63. The van der Waals surface area contributed by atoms with Gasteiger partial charge in [0.25, 0.3) is 0 Å². The predicted octanol–water partition coefficient (Wildman–Crippen LogP) is 2.92. The van der Waals surface area contributed by atoms with Crippen molar-refractivity contribution in [1.82, 2.24) is 0 Å². The van der Waals surface area contributed by atoms with Crippen LogP contribution in [-0.4, -0.2) is 29.7 Å². The lowest BCUT2D eigenvalue weighted by Crippen LogP contribution is -2.50. The average molecular weight is 351 g/mol. The summed E-state index contributed by atoms with van der Waals surface area (Å²) < 4.78 is 5.56. The molecule has 5 nitrogen and oxygen atoms in total. The number of carbonyl (C=O) groups is 2. The van der Waals surface area contributed by atoms with Crippen LogP contribution in [0.5, 0.6) is 0 Å². The minimum Gasteiger partial charge on any atom is -0.480 e. The first-order valence-corrected chi connectivity index (χ1v) is 8.90. The van der Waals surface area contributed by atoms with E-state index in [9.17, 15) is 14.7 Å². The lowest BCUT2D eigenvalue weighted by atomic mass is 9.83. The van der Waals surface area contributed by atoms with Crippen molar-refractivity contribution in [1.29, 1.82) is 0 Å². The Morgan fingerprint density at radius 2 is 1.65 bits per heavy atom. The van der Waals surface area contributed by atoms with Crippen molar-refractivity contribution in [2.24, 2.45) is 11.1 Å². The molecule has 0 saturated heterocycles. The molecule has 1 fully saturated rings. The maximum atomic E-state index is 12.7. The zero-order chi connectivity index (χ0) is 18.3. The van der Waals surface area contributed by atoms with E-state index < -0.39 is 23.4 Å². The molecule has 0 amide bonds. The number of rotatable bonds is 4. The van der Waals surface area contributed by atoms with Gasteiger partial charge < -0.3 is 15.6 Å². The lowest BCUT2D eigenvalue weighted by molar-refractivity contribution is -0.169. The van der Waals surface area contributed by atoms with Gasteiger partial charge in [0.15, 0.2) is 5.41 Å². The number of carboxylic acid groups (broad SMARTS) is 1. The van der Waals surface area contributed by atoms with E-state index in [1.807, 2.05) is 36.4 Å². The molecule has 2 aliphatic carbocycles. The van der Waals surface area contributed by atoms with Crippen LogP contribution in [0.2, 0.25) is 0 Å². The van der Waals surface area contributed by atoms with E-state index in [2.05, 4.69) is 12.1 Å². The summed E-state index contributed by atoms with van der Waals surface area (Å²) in [5.74, 6) is -1.98. The van der Waals surface area contributed by atoms with Gasteiger partial charge in [0.05, 0.1) is 0 Å². The quantitative estimate of drug-likeness (QED) is 0.653. The smallest absolute Gasteiger partial charge is 0.325 e. The van der Waals surface area contributed by atoms with Crippen molar-refractivity contribution in [3.63, 3.8) is 0 Å². The van der Waals surface area contributed by atoms with Gasteiger partial charge in [-0.2, -0.15) is 0 Å². The van der Waals surface area contributed by atoms with Crippen LogP contribution in [0.3, 0.4) is 0 Å². The average Bonchev–Trinajstić information content (AvgIpc) is 3.19. The first-order valence-electron chi connectivity index (χ1n) is 8.90. The normalized spacial score (nSPS) is 24.1. The highest BCUT2D eigenvalue weighted by Crippen LogP contribution is 2.45. The number of hydrogen-bond donors (Lipinski definition) is 2. The number of carboxylic acids is 1. The summed E-state index contributed by atoms with van der Waals surface area (Å²) in [6.07, 6.45) is 1.38. The molecule has 2 atom stereocenters. The SMILES string of the molecule is N[C@H]1CCC[C@@]1(C(=O)O)C(=O)OCC1c2ccccc2-c2ccccc21. The second-order valence-corrected chi connectivity index (χ2v) is 7.10. The maximum Gasteiger partial charge on any atom is 0.325 e. The third-order valence-electron chi connectivity index (χ3n) is 5.81. The van der Waals surface area contributed by atoms with Gasteiger partial charge in [-0.15, -0.1) is 0 Å². The van der Waals surface area contributed by atoms with Crippen molar-refractivity contribution in [2.75, 3.05) is 6.61 Å². The minimum atomic E-state index is -1.61. The van der Waals surface area contributed by atoms with Gasteiger partial charge in [-0.1, -0.05) is 55.0 Å². The van der Waals surface area contributed by atoms with Gasteiger partial charge in [-0.05, 0) is 35.1 Å². The standard InChI is InChI=1S/C21H21NO4/c22-18-10-5-11-21(18,19(23)24)20(25)26-12-17-15-8-3-1-6-13(15)14-7-2-4-9-16(14)17/h1-4,6-9,17-18H,5,10-12,22H2,(H,23,24)/t18-,21+/m0/s1. The molecule has 0 radical (unpaired) electrons. The molecule has 0 spiro atoms. The molecular weight excluding hydrogens is 330 g/mol. The first-order chi connectivity index (χ1) is 12.6. The maximum absolute atomic E-state index is 12.7. The van der Waals surface area contributed by atoms with E-state index in [0.29, 0.717) is 12.8 Å². The number of fused-ring (bicyclic) bond motifs is 3. The summed E-state index contributed by atoms with van der Waals surface area (Å²) in [4.78, 5) is 24.5. The molecule has 2 aromatic carbocycles. The third kappa shape index (κ3) is 2.35. The number of carbonyl (C=O) groups excluding carboxylic acids is 1. The number of aliphatic carboxylic acids is 1. The highest BCUT2D eigenvalue weighted by molar-refractivity contribution is 6.00. The van der Waals surface area contributed by atoms with Crippen molar-refractivity contribution in [3.8, 4) is 11.1 Å². The monoisotopic (exact) mass is 351 g/mol. The molecule has 0 aromatic heterocycles. The van der Waals surface area contributed by atoms with Crippen LogP contribution in [-0.2, 0) is 14.3 Å². The number of benzene rings is 2. The number of ether oxygens (including phenoxy) is 1. The Balaban J connectivity index is 1.60. The molecule has 4 rings (SSSR count). The van der Waals surface area contributed by atoms with Crippen LogP contribution < -0.4 is 5.73 Å².